The van der Waals surface area contributed by atoms with Crippen LogP contribution in [0.4, 0.5) is 4.79 Å². The summed E-state index contributed by atoms with van der Waals surface area (Å²) >= 11 is 0. The van der Waals surface area contributed by atoms with Crippen LogP contribution in [0, 0.1) is 0 Å². The molecule has 0 aliphatic carbocycles. The molecule has 0 spiro atoms. The first kappa shape index (κ1) is 23.8. The third kappa shape index (κ3) is 11.5. The van der Waals surface area contributed by atoms with E-state index in [1.807, 2.05) is 12.1 Å². The lowest BCUT2D eigenvalue weighted by molar-refractivity contribution is 0.0613. The minimum absolute atomic E-state index is 0.106. The molecule has 0 heterocycles. The first-order chi connectivity index (χ1) is 13.7. The van der Waals surface area contributed by atoms with E-state index in [-0.39, 0.29) is 12.4 Å². The SMILES string of the molecule is CCCCCCCCCCCCOc1ccc(/C(N)=N/OC(=O)OCC)cc1. The quantitative estimate of drug-likeness (QED) is 0.102. The summed E-state index contributed by atoms with van der Waals surface area (Å²) in [7, 11) is 0. The second kappa shape index (κ2) is 15.8. The number of rotatable bonds is 15. The number of amidine groups is 1. The van der Waals surface area contributed by atoms with Crippen molar-refractivity contribution in [2.24, 2.45) is 10.9 Å². The van der Waals surface area contributed by atoms with Crippen molar-refractivity contribution in [3.05, 3.63) is 29.8 Å². The Balaban J connectivity index is 2.13. The lowest BCUT2D eigenvalue weighted by Gasteiger charge is -2.07. The van der Waals surface area contributed by atoms with Crippen molar-refractivity contribution in [2.75, 3.05) is 13.2 Å². The first-order valence-electron chi connectivity index (χ1n) is 10.6. The molecule has 0 atom stereocenters. The van der Waals surface area contributed by atoms with Gasteiger partial charge in [0.25, 0.3) is 0 Å². The van der Waals surface area contributed by atoms with Gasteiger partial charge in [-0.1, -0.05) is 69.9 Å². The van der Waals surface area contributed by atoms with Crippen molar-refractivity contribution in [1.82, 2.24) is 0 Å². The number of oxime groups is 1. The molecule has 0 bridgehead atoms. The zero-order chi connectivity index (χ0) is 20.5. The molecule has 6 nitrogen and oxygen atoms in total. The molecule has 0 amide bonds. The fourth-order valence-electron chi connectivity index (χ4n) is 2.78. The predicted molar refractivity (Wildman–Crippen MR) is 113 cm³/mol. The molecule has 2 N–H and O–H groups in total. The highest BCUT2D eigenvalue weighted by Crippen LogP contribution is 2.14. The molecule has 0 radical (unpaired) electrons. The summed E-state index contributed by atoms with van der Waals surface area (Å²) in [5.74, 6) is 0.896. The average molecular weight is 393 g/mol. The summed E-state index contributed by atoms with van der Waals surface area (Å²) < 4.78 is 10.4. The van der Waals surface area contributed by atoms with E-state index >= 15 is 0 Å². The van der Waals surface area contributed by atoms with Crippen LogP contribution in [-0.2, 0) is 9.57 Å². The Kier molecular flexibility index (Phi) is 13.4. The molecule has 0 aliphatic rings. The molecule has 158 valence electrons. The average Bonchev–Trinajstić information content (AvgIpc) is 2.71. The maximum Gasteiger partial charge on any atom is 0.535 e. The molecule has 1 aromatic carbocycles. The van der Waals surface area contributed by atoms with Crippen LogP contribution in [0.5, 0.6) is 5.75 Å². The number of carbonyl (C=O) groups excluding carboxylic acids is 1. The van der Waals surface area contributed by atoms with E-state index in [0.717, 1.165) is 12.2 Å². The number of ether oxygens (including phenoxy) is 2. The van der Waals surface area contributed by atoms with Crippen molar-refractivity contribution in [3.8, 4) is 5.75 Å². The standard InChI is InChI=1S/C22H36N2O4/c1-3-5-6-7-8-9-10-11-12-13-18-27-20-16-14-19(15-17-20)21(23)24-28-22(25)26-4-2/h14-17H,3-13,18H2,1-2H3,(H2,23,24). The summed E-state index contributed by atoms with van der Waals surface area (Å²) in [6.45, 7) is 4.87. The van der Waals surface area contributed by atoms with Crippen LogP contribution >= 0.6 is 0 Å². The Labute approximate surface area is 169 Å². The smallest absolute Gasteiger partial charge is 0.494 e. The highest BCUT2D eigenvalue weighted by Gasteiger charge is 2.04. The van der Waals surface area contributed by atoms with Gasteiger partial charge in [-0.3, -0.25) is 4.84 Å². The van der Waals surface area contributed by atoms with Crippen molar-refractivity contribution >= 4 is 12.0 Å². The van der Waals surface area contributed by atoms with E-state index in [4.69, 9.17) is 10.5 Å². The van der Waals surface area contributed by atoms with Crippen LogP contribution in [0.1, 0.15) is 83.6 Å². The number of unbranched alkanes of at least 4 members (excludes halogenated alkanes) is 9. The Bertz CT molecular complexity index is 558. The first-order valence-corrected chi connectivity index (χ1v) is 10.6. The van der Waals surface area contributed by atoms with Crippen molar-refractivity contribution in [1.29, 1.82) is 0 Å². The van der Waals surface area contributed by atoms with E-state index in [1.165, 1.54) is 57.8 Å². The summed E-state index contributed by atoms with van der Waals surface area (Å²) in [5.41, 5.74) is 6.43. The molecule has 0 unspecified atom stereocenters. The molecule has 0 saturated carbocycles. The zero-order valence-corrected chi connectivity index (χ0v) is 17.5. The van der Waals surface area contributed by atoms with Gasteiger partial charge in [0.05, 0.1) is 13.2 Å². The molecule has 6 heteroatoms. The summed E-state index contributed by atoms with van der Waals surface area (Å²) in [6.07, 6.45) is 12.2. The Morgan fingerprint density at radius 1 is 0.893 bits per heavy atom. The minimum atomic E-state index is -0.873. The van der Waals surface area contributed by atoms with Gasteiger partial charge in [-0.25, -0.2) is 4.79 Å². The molecular formula is C22H36N2O4. The fourth-order valence-corrected chi connectivity index (χ4v) is 2.78. The van der Waals surface area contributed by atoms with E-state index in [0.29, 0.717) is 12.2 Å². The van der Waals surface area contributed by atoms with Gasteiger partial charge in [0, 0.05) is 5.56 Å². The van der Waals surface area contributed by atoms with Crippen LogP contribution in [0.2, 0.25) is 0 Å². The largest absolute Gasteiger partial charge is 0.535 e. The van der Waals surface area contributed by atoms with Gasteiger partial charge >= 0.3 is 6.16 Å². The Morgan fingerprint density at radius 3 is 2.04 bits per heavy atom. The predicted octanol–water partition coefficient (Wildman–Crippen LogP) is 5.78. The number of hydrogen-bond donors (Lipinski definition) is 1. The summed E-state index contributed by atoms with van der Waals surface area (Å²) in [5, 5.41) is 3.55. The normalized spacial score (nSPS) is 11.3. The molecular weight excluding hydrogens is 356 g/mol. The van der Waals surface area contributed by atoms with E-state index in [9.17, 15) is 4.79 Å². The number of benzene rings is 1. The van der Waals surface area contributed by atoms with Crippen LogP contribution < -0.4 is 10.5 Å². The van der Waals surface area contributed by atoms with Gasteiger partial charge in [-0.15, -0.1) is 0 Å². The maximum atomic E-state index is 11.1. The summed E-state index contributed by atoms with van der Waals surface area (Å²) in [4.78, 5) is 15.6. The molecule has 1 aromatic rings. The van der Waals surface area contributed by atoms with E-state index in [2.05, 4.69) is 21.7 Å². The lowest BCUT2D eigenvalue weighted by Crippen LogP contribution is -2.15. The molecule has 0 aromatic heterocycles. The van der Waals surface area contributed by atoms with Gasteiger partial charge in [-0.2, -0.15) is 0 Å². The molecule has 0 saturated heterocycles. The van der Waals surface area contributed by atoms with Gasteiger partial charge < -0.3 is 15.2 Å². The van der Waals surface area contributed by atoms with E-state index in [1.54, 1.807) is 19.1 Å². The van der Waals surface area contributed by atoms with Gasteiger partial charge in [0.1, 0.15) is 5.75 Å². The number of carbonyl (C=O) groups is 1. The third-order valence-corrected chi connectivity index (χ3v) is 4.40. The lowest BCUT2D eigenvalue weighted by atomic mass is 10.1. The number of nitrogens with two attached hydrogens (primary N) is 1. The number of nitrogens with zero attached hydrogens (tertiary/aromatic N) is 1. The van der Waals surface area contributed by atoms with Crippen LogP contribution in [-0.4, -0.2) is 25.2 Å². The zero-order valence-electron chi connectivity index (χ0n) is 17.5. The Hall–Kier alpha value is -2.24. The fraction of sp³-hybridized carbons (Fsp3) is 0.636. The third-order valence-electron chi connectivity index (χ3n) is 4.40. The number of hydrogen-bond acceptors (Lipinski definition) is 5. The Morgan fingerprint density at radius 2 is 1.46 bits per heavy atom. The second-order valence-electron chi connectivity index (χ2n) is 6.81. The minimum Gasteiger partial charge on any atom is -0.494 e. The van der Waals surface area contributed by atoms with Crippen LogP contribution in [0.3, 0.4) is 0 Å². The van der Waals surface area contributed by atoms with Crippen molar-refractivity contribution < 1.29 is 19.1 Å². The molecule has 0 fully saturated rings. The summed E-state index contributed by atoms with van der Waals surface area (Å²) in [6, 6.07) is 7.22. The van der Waals surface area contributed by atoms with Crippen LogP contribution in [0.15, 0.2) is 29.4 Å². The monoisotopic (exact) mass is 392 g/mol. The maximum absolute atomic E-state index is 11.1. The van der Waals surface area contributed by atoms with Gasteiger partial charge in [0.2, 0.25) is 0 Å². The van der Waals surface area contributed by atoms with E-state index < -0.39 is 6.16 Å². The molecule has 0 aliphatic heterocycles. The van der Waals surface area contributed by atoms with Gasteiger partial charge in [0.15, 0.2) is 5.84 Å². The van der Waals surface area contributed by atoms with Gasteiger partial charge in [-0.05, 0) is 37.6 Å². The molecule has 1 rings (SSSR count). The van der Waals surface area contributed by atoms with Crippen molar-refractivity contribution in [3.63, 3.8) is 0 Å². The highest BCUT2D eigenvalue weighted by atomic mass is 16.8. The molecule has 28 heavy (non-hydrogen) atoms. The van der Waals surface area contributed by atoms with Crippen LogP contribution in [0.25, 0.3) is 0 Å². The highest BCUT2D eigenvalue weighted by molar-refractivity contribution is 5.97. The topological polar surface area (TPSA) is 83.1 Å². The van der Waals surface area contributed by atoms with Crippen molar-refractivity contribution in [2.45, 2.75) is 78.1 Å². The second-order valence-corrected chi connectivity index (χ2v) is 6.81.